The maximum absolute atomic E-state index is 11.6. The number of allylic oxidation sites excluding steroid dienone is 2. The Balaban J connectivity index is 2.49. The van der Waals surface area contributed by atoms with Crippen LogP contribution >= 0.6 is 21.4 Å². The lowest BCUT2D eigenvalue weighted by molar-refractivity contribution is 0.586. The minimum atomic E-state index is -4.47. The van der Waals surface area contributed by atoms with Crippen LogP contribution in [-0.2, 0) is 18.1 Å². The second kappa shape index (κ2) is 5.18. The van der Waals surface area contributed by atoms with E-state index in [4.69, 9.17) is 21.4 Å². The van der Waals surface area contributed by atoms with Crippen LogP contribution in [0.15, 0.2) is 54.6 Å². The first-order chi connectivity index (χ1) is 9.17. The van der Waals surface area contributed by atoms with Crippen molar-refractivity contribution < 1.29 is 16.8 Å². The van der Waals surface area contributed by atoms with Gasteiger partial charge in [-0.1, -0.05) is 42.5 Å². The second-order valence-electron chi connectivity index (χ2n) is 4.25. The van der Waals surface area contributed by atoms with Gasteiger partial charge in [0.25, 0.3) is 18.1 Å². The van der Waals surface area contributed by atoms with E-state index in [1.807, 2.05) is 30.3 Å². The van der Waals surface area contributed by atoms with Crippen molar-refractivity contribution in [2.75, 3.05) is 0 Å². The molecular formula is C12H10Cl2O4S2. The normalized spacial score (nSPS) is 19.1. The molecule has 4 nitrogen and oxygen atoms in total. The first-order valence-electron chi connectivity index (χ1n) is 5.49. The summed E-state index contributed by atoms with van der Waals surface area (Å²) in [5.41, 5.74) is 0.896. The molecule has 0 saturated carbocycles. The van der Waals surface area contributed by atoms with Crippen molar-refractivity contribution in [3.8, 4) is 0 Å². The van der Waals surface area contributed by atoms with E-state index in [2.05, 4.69) is 0 Å². The van der Waals surface area contributed by atoms with Gasteiger partial charge in [0.1, 0.15) is 0 Å². The van der Waals surface area contributed by atoms with Gasteiger partial charge in [0, 0.05) is 27.3 Å². The molecule has 1 aromatic rings. The molecule has 20 heavy (non-hydrogen) atoms. The monoisotopic (exact) mass is 352 g/mol. The molecule has 108 valence electrons. The van der Waals surface area contributed by atoms with Crippen LogP contribution in [0, 0.1) is 0 Å². The molecular weight excluding hydrogens is 343 g/mol. The molecule has 0 N–H and O–H groups in total. The summed E-state index contributed by atoms with van der Waals surface area (Å²) in [5, 5.41) is 0. The Labute approximate surface area is 126 Å². The molecule has 2 rings (SSSR count). The maximum atomic E-state index is 11.6. The predicted octanol–water partition coefficient (Wildman–Crippen LogP) is 2.73. The third-order valence-electron chi connectivity index (χ3n) is 3.02. The Kier molecular flexibility index (Phi) is 4.03. The van der Waals surface area contributed by atoms with Crippen LogP contribution in [0.2, 0.25) is 0 Å². The number of hydrogen-bond donors (Lipinski definition) is 0. The van der Waals surface area contributed by atoms with Crippen molar-refractivity contribution in [3.05, 3.63) is 60.2 Å². The van der Waals surface area contributed by atoms with Gasteiger partial charge in [-0.3, -0.25) is 0 Å². The van der Waals surface area contributed by atoms with E-state index in [1.54, 1.807) is 0 Å². The second-order valence-corrected chi connectivity index (χ2v) is 10.1. The van der Waals surface area contributed by atoms with Gasteiger partial charge >= 0.3 is 0 Å². The highest BCUT2D eigenvalue weighted by molar-refractivity contribution is 8.30. The highest BCUT2D eigenvalue weighted by Crippen LogP contribution is 2.39. The zero-order valence-corrected chi connectivity index (χ0v) is 13.1. The molecule has 1 aliphatic carbocycles. The zero-order valence-electron chi connectivity index (χ0n) is 9.98. The third kappa shape index (κ3) is 2.65. The van der Waals surface area contributed by atoms with Gasteiger partial charge in [0.2, 0.25) is 4.08 Å². The van der Waals surface area contributed by atoms with E-state index < -0.39 is 22.2 Å². The van der Waals surface area contributed by atoms with Crippen molar-refractivity contribution in [3.63, 3.8) is 0 Å². The number of benzene rings is 1. The molecule has 0 unspecified atom stereocenters. The maximum Gasteiger partial charge on any atom is 0.261 e. The number of hydrogen-bond acceptors (Lipinski definition) is 4. The molecule has 8 heteroatoms. The summed E-state index contributed by atoms with van der Waals surface area (Å²) >= 11 is 0. The quantitative estimate of drug-likeness (QED) is 0.619. The molecule has 0 amide bonds. The fourth-order valence-electron chi connectivity index (χ4n) is 1.94. The minimum Gasteiger partial charge on any atom is -0.210 e. The lowest BCUT2D eigenvalue weighted by Crippen LogP contribution is -2.38. The average Bonchev–Trinajstić information content (AvgIpc) is 2.37. The molecule has 0 bridgehead atoms. The van der Waals surface area contributed by atoms with E-state index in [1.165, 1.54) is 12.2 Å². The lowest BCUT2D eigenvalue weighted by atomic mass is 9.95. The summed E-state index contributed by atoms with van der Waals surface area (Å²) < 4.78 is 44.0. The van der Waals surface area contributed by atoms with E-state index >= 15 is 0 Å². The van der Waals surface area contributed by atoms with Gasteiger partial charge in [-0.05, 0) is 17.7 Å². The Morgan fingerprint density at radius 2 is 1.30 bits per heavy atom. The summed E-state index contributed by atoms with van der Waals surface area (Å²) in [5.74, 6) is -0.235. The van der Waals surface area contributed by atoms with E-state index in [-0.39, 0.29) is 5.92 Å². The van der Waals surface area contributed by atoms with Crippen molar-refractivity contribution in [1.82, 2.24) is 0 Å². The Morgan fingerprint density at radius 1 is 0.850 bits per heavy atom. The average molecular weight is 353 g/mol. The molecule has 1 aromatic carbocycles. The molecule has 0 heterocycles. The molecule has 1 aliphatic rings. The number of rotatable bonds is 3. The van der Waals surface area contributed by atoms with Crippen molar-refractivity contribution in [2.24, 2.45) is 0 Å². The summed E-state index contributed by atoms with van der Waals surface area (Å²) in [4.78, 5) is 0. The summed E-state index contributed by atoms with van der Waals surface area (Å²) in [6.45, 7) is 0. The molecule has 0 aliphatic heterocycles. The highest BCUT2D eigenvalue weighted by Gasteiger charge is 2.51. The van der Waals surface area contributed by atoms with Crippen molar-refractivity contribution >= 4 is 39.5 Å². The van der Waals surface area contributed by atoms with Crippen LogP contribution in [0.3, 0.4) is 0 Å². The molecule has 0 spiro atoms. The fraction of sp³-hybridized carbons (Fsp3) is 0.167. The predicted molar refractivity (Wildman–Crippen MR) is 79.7 cm³/mol. The zero-order chi connectivity index (χ0) is 15.0. The summed E-state index contributed by atoms with van der Waals surface area (Å²) in [7, 11) is 1.56. The largest absolute Gasteiger partial charge is 0.261 e. The SMILES string of the molecule is O=S(=O)(Cl)C1(S(=O)(=O)Cl)C=CC(c2ccccc2)C=C1. The van der Waals surface area contributed by atoms with E-state index in [9.17, 15) is 16.8 Å². The third-order valence-corrected chi connectivity index (χ3v) is 8.48. The molecule has 0 aromatic heterocycles. The van der Waals surface area contributed by atoms with E-state index in [0.29, 0.717) is 0 Å². The van der Waals surface area contributed by atoms with Gasteiger partial charge in [-0.2, -0.15) is 0 Å². The van der Waals surface area contributed by atoms with E-state index in [0.717, 1.165) is 17.7 Å². The molecule has 0 saturated heterocycles. The first-order valence-corrected chi connectivity index (χ1v) is 10.1. The van der Waals surface area contributed by atoms with Crippen LogP contribution < -0.4 is 0 Å². The van der Waals surface area contributed by atoms with Crippen LogP contribution in [0.25, 0.3) is 0 Å². The fourth-order valence-corrected chi connectivity index (χ4v) is 6.25. The molecule has 0 fully saturated rings. The van der Waals surface area contributed by atoms with Crippen molar-refractivity contribution in [2.45, 2.75) is 10.00 Å². The topological polar surface area (TPSA) is 68.3 Å². The van der Waals surface area contributed by atoms with Crippen LogP contribution in [-0.4, -0.2) is 20.9 Å². The van der Waals surface area contributed by atoms with Crippen LogP contribution in [0.1, 0.15) is 11.5 Å². The Morgan fingerprint density at radius 3 is 1.70 bits per heavy atom. The van der Waals surface area contributed by atoms with Crippen LogP contribution in [0.5, 0.6) is 0 Å². The molecule has 0 atom stereocenters. The van der Waals surface area contributed by atoms with Gasteiger partial charge in [-0.15, -0.1) is 0 Å². The van der Waals surface area contributed by atoms with Crippen LogP contribution in [0.4, 0.5) is 0 Å². The Bertz CT molecular complexity index is 717. The summed E-state index contributed by atoms with van der Waals surface area (Å²) in [6.07, 6.45) is 4.93. The highest BCUT2D eigenvalue weighted by atomic mass is 35.7. The number of halogens is 2. The minimum absolute atomic E-state index is 0.235. The standard InChI is InChI=1S/C12H10Cl2O4S2/c13-19(15,16)12(20(14,17)18)8-6-11(7-9-12)10-4-2-1-3-5-10/h1-9,11H. The van der Waals surface area contributed by atoms with Gasteiger partial charge in [0.05, 0.1) is 0 Å². The smallest absolute Gasteiger partial charge is 0.210 e. The van der Waals surface area contributed by atoms with Gasteiger partial charge in [-0.25, -0.2) is 16.8 Å². The lowest BCUT2D eigenvalue weighted by Gasteiger charge is -2.24. The van der Waals surface area contributed by atoms with Crippen molar-refractivity contribution in [1.29, 1.82) is 0 Å². The first kappa shape index (κ1) is 15.6. The van der Waals surface area contributed by atoms with Gasteiger partial charge in [0.15, 0.2) is 0 Å². The Hall–Kier alpha value is -0.820. The molecule has 0 radical (unpaired) electrons. The van der Waals surface area contributed by atoms with Gasteiger partial charge < -0.3 is 0 Å². The summed E-state index contributed by atoms with van der Waals surface area (Å²) in [6, 6.07) is 9.19.